The number of ether oxygens (including phenoxy) is 2. The van der Waals surface area contributed by atoms with Crippen LogP contribution in [0.3, 0.4) is 0 Å². The molecule has 188 valence electrons. The number of nitrogens with zero attached hydrogens (tertiary/aromatic N) is 3. The Morgan fingerprint density at radius 3 is 2.56 bits per heavy atom. The third-order valence-corrected chi connectivity index (χ3v) is 6.85. The lowest BCUT2D eigenvalue weighted by atomic mass is 9.87. The topological polar surface area (TPSA) is 56.6 Å². The number of fused-ring (bicyclic) bond motifs is 1. The number of aryl methyl sites for hydroxylation is 1. The van der Waals surface area contributed by atoms with Crippen LogP contribution in [0.1, 0.15) is 49.0 Å². The van der Waals surface area contributed by atoms with Gasteiger partial charge in [-0.15, -0.1) is 0 Å². The largest absolute Gasteiger partial charge is 0.495 e. The molecule has 5 rings (SSSR count). The van der Waals surface area contributed by atoms with Crippen LogP contribution in [-0.4, -0.2) is 39.6 Å². The Balaban J connectivity index is 1.49. The molecule has 3 atom stereocenters. The van der Waals surface area contributed by atoms with Gasteiger partial charge in [0.1, 0.15) is 11.9 Å². The van der Waals surface area contributed by atoms with E-state index in [1.807, 2.05) is 36.7 Å². The molecule has 0 unspecified atom stereocenters. The first-order valence-corrected chi connectivity index (χ1v) is 11.8. The van der Waals surface area contributed by atoms with Gasteiger partial charge in [-0.05, 0) is 74.6 Å². The summed E-state index contributed by atoms with van der Waals surface area (Å²) in [6, 6.07) is 6.60. The highest BCUT2D eigenvalue weighted by molar-refractivity contribution is 5.97. The summed E-state index contributed by atoms with van der Waals surface area (Å²) < 4.78 is 55.0. The summed E-state index contributed by atoms with van der Waals surface area (Å²) in [5.41, 5.74) is 2.58. The fraction of sp³-hybridized carbons (Fsp3) is 0.333. The van der Waals surface area contributed by atoms with Crippen molar-refractivity contribution in [1.82, 2.24) is 14.5 Å². The van der Waals surface area contributed by atoms with Crippen LogP contribution >= 0.6 is 0 Å². The number of halogens is 3. The maximum atomic E-state index is 14.0. The van der Waals surface area contributed by atoms with Crippen LogP contribution < -0.4 is 4.74 Å². The van der Waals surface area contributed by atoms with Crippen molar-refractivity contribution in [2.24, 2.45) is 0 Å². The van der Waals surface area contributed by atoms with Gasteiger partial charge in [0.05, 0.1) is 36.9 Å². The monoisotopic (exact) mass is 497 g/mol. The molecule has 0 saturated carbocycles. The van der Waals surface area contributed by atoms with Crippen molar-refractivity contribution >= 4 is 12.0 Å². The first-order chi connectivity index (χ1) is 17.3. The average Bonchev–Trinajstić information content (AvgIpc) is 3.30. The zero-order valence-corrected chi connectivity index (χ0v) is 20.2. The number of piperidine rings is 1. The van der Waals surface area contributed by atoms with Crippen LogP contribution in [0.4, 0.5) is 13.2 Å². The minimum absolute atomic E-state index is 0.127. The number of hydrogen-bond donors (Lipinski definition) is 0. The predicted octanol–water partition coefficient (Wildman–Crippen LogP) is 5.49. The van der Waals surface area contributed by atoms with Gasteiger partial charge < -0.3 is 18.9 Å². The number of carbonyl (C=O) groups excluding carboxylic acids is 1. The van der Waals surface area contributed by atoms with Gasteiger partial charge in [0.15, 0.2) is 23.2 Å². The van der Waals surface area contributed by atoms with E-state index in [9.17, 15) is 18.0 Å². The normalized spacial score (nSPS) is 22.9. The van der Waals surface area contributed by atoms with E-state index in [1.54, 1.807) is 30.5 Å². The number of rotatable bonds is 4. The average molecular weight is 498 g/mol. The number of aromatic nitrogens is 2. The molecule has 1 aromatic heterocycles. The summed E-state index contributed by atoms with van der Waals surface area (Å²) in [6.07, 6.45) is 6.84. The molecule has 2 saturated heterocycles. The maximum absolute atomic E-state index is 14.0. The molecule has 3 heterocycles. The molecule has 2 aliphatic heterocycles. The van der Waals surface area contributed by atoms with Crippen molar-refractivity contribution in [3.63, 3.8) is 0 Å². The van der Waals surface area contributed by atoms with Gasteiger partial charge in [-0.25, -0.2) is 18.2 Å². The molecule has 9 heteroatoms. The molecule has 0 spiro atoms. The van der Waals surface area contributed by atoms with Gasteiger partial charge in [0, 0.05) is 6.20 Å². The quantitative estimate of drug-likeness (QED) is 0.354. The molecule has 1 amide bonds. The second-order valence-corrected chi connectivity index (χ2v) is 9.21. The minimum Gasteiger partial charge on any atom is -0.495 e. The van der Waals surface area contributed by atoms with Crippen molar-refractivity contribution in [2.45, 2.75) is 51.3 Å². The number of benzene rings is 2. The molecule has 0 bridgehead atoms. The van der Waals surface area contributed by atoms with Gasteiger partial charge in [0.25, 0.3) is 5.91 Å². The second-order valence-electron chi connectivity index (χ2n) is 9.21. The lowest BCUT2D eigenvalue weighted by Gasteiger charge is -2.48. The summed E-state index contributed by atoms with van der Waals surface area (Å²) in [4.78, 5) is 19.5. The summed E-state index contributed by atoms with van der Waals surface area (Å²) >= 11 is 0. The van der Waals surface area contributed by atoms with Crippen LogP contribution in [0.5, 0.6) is 5.75 Å². The number of methoxy groups -OCH3 is 1. The second kappa shape index (κ2) is 9.37. The Bertz CT molecular complexity index is 1330. The molecule has 3 aromatic rings. The third kappa shape index (κ3) is 4.23. The van der Waals surface area contributed by atoms with Crippen molar-refractivity contribution in [1.29, 1.82) is 0 Å². The van der Waals surface area contributed by atoms with E-state index < -0.39 is 23.5 Å². The number of carbonyl (C=O) groups is 1. The fourth-order valence-corrected chi connectivity index (χ4v) is 5.13. The van der Waals surface area contributed by atoms with Crippen molar-refractivity contribution in [3.05, 3.63) is 82.9 Å². The predicted molar refractivity (Wildman–Crippen MR) is 127 cm³/mol. The zero-order valence-electron chi connectivity index (χ0n) is 20.2. The Kier molecular flexibility index (Phi) is 6.24. The maximum Gasteiger partial charge on any atom is 0.289 e. The van der Waals surface area contributed by atoms with Gasteiger partial charge in [-0.2, -0.15) is 0 Å². The summed E-state index contributed by atoms with van der Waals surface area (Å²) in [5.74, 6) is -3.71. The van der Waals surface area contributed by atoms with Crippen molar-refractivity contribution in [2.75, 3.05) is 7.11 Å². The third-order valence-electron chi connectivity index (χ3n) is 6.85. The van der Waals surface area contributed by atoms with Crippen LogP contribution in [0.15, 0.2) is 48.6 Å². The first kappa shape index (κ1) is 24.0. The van der Waals surface area contributed by atoms with E-state index >= 15 is 0 Å². The molecule has 2 aromatic carbocycles. The Morgan fingerprint density at radius 2 is 1.89 bits per heavy atom. The van der Waals surface area contributed by atoms with Crippen molar-refractivity contribution in [3.8, 4) is 11.4 Å². The number of morpholine rings is 1. The molecule has 0 radical (unpaired) electrons. The first-order valence-electron chi connectivity index (χ1n) is 11.8. The van der Waals surface area contributed by atoms with Gasteiger partial charge in [-0.3, -0.25) is 4.79 Å². The molecule has 0 aliphatic carbocycles. The number of imidazole rings is 1. The van der Waals surface area contributed by atoms with E-state index in [-0.39, 0.29) is 29.4 Å². The SMILES string of the molecule is COc1cc(/C=C2/O[C@@H](C)[C@H]3CCC[C@@H](c4cc(F)c(F)c(F)c4)N3C2=O)ccc1-n1cnc(C)c1. The molecule has 6 nitrogen and oxygen atoms in total. The molecule has 2 fully saturated rings. The molecule has 36 heavy (non-hydrogen) atoms. The number of hydrogen-bond acceptors (Lipinski definition) is 4. The Labute approximate surface area is 207 Å². The van der Waals surface area contributed by atoms with Gasteiger partial charge in [0.2, 0.25) is 0 Å². The van der Waals surface area contributed by atoms with E-state index in [0.29, 0.717) is 24.2 Å². The summed E-state index contributed by atoms with van der Waals surface area (Å²) in [6.45, 7) is 3.77. The summed E-state index contributed by atoms with van der Waals surface area (Å²) in [5, 5.41) is 0. The smallest absolute Gasteiger partial charge is 0.289 e. The number of amides is 1. The molecule has 2 aliphatic rings. The molecular formula is C27H26F3N3O3. The van der Waals surface area contributed by atoms with E-state index in [0.717, 1.165) is 29.9 Å². The van der Waals surface area contributed by atoms with Crippen LogP contribution in [0.2, 0.25) is 0 Å². The fourth-order valence-electron chi connectivity index (χ4n) is 5.13. The van der Waals surface area contributed by atoms with Gasteiger partial charge >= 0.3 is 0 Å². The highest BCUT2D eigenvalue weighted by Crippen LogP contribution is 2.41. The Hall–Kier alpha value is -3.75. The Morgan fingerprint density at radius 1 is 1.14 bits per heavy atom. The zero-order chi connectivity index (χ0) is 25.6. The lowest BCUT2D eigenvalue weighted by molar-refractivity contribution is -0.153. The van der Waals surface area contributed by atoms with Crippen LogP contribution in [0.25, 0.3) is 11.8 Å². The van der Waals surface area contributed by atoms with E-state index in [1.165, 1.54) is 0 Å². The lowest BCUT2D eigenvalue weighted by Crippen LogP contribution is -2.55. The van der Waals surface area contributed by atoms with Crippen LogP contribution in [-0.2, 0) is 9.53 Å². The van der Waals surface area contributed by atoms with Crippen LogP contribution in [0, 0.1) is 24.4 Å². The highest BCUT2D eigenvalue weighted by Gasteiger charge is 2.44. The van der Waals surface area contributed by atoms with E-state index in [2.05, 4.69) is 4.98 Å². The molecular weight excluding hydrogens is 471 g/mol. The van der Waals surface area contributed by atoms with E-state index in [4.69, 9.17) is 9.47 Å². The van der Waals surface area contributed by atoms with Gasteiger partial charge in [-0.1, -0.05) is 6.07 Å². The minimum atomic E-state index is -1.52. The highest BCUT2D eigenvalue weighted by atomic mass is 19.2. The summed E-state index contributed by atoms with van der Waals surface area (Å²) in [7, 11) is 1.56. The standard InChI is InChI=1S/C27H26F3N3O3/c1-15-13-32(14-31-15)23-8-7-17(9-24(23)35-3)10-25-27(34)33-21(16(2)36-25)5-4-6-22(33)18-11-19(28)26(30)20(29)12-18/h7-14,16,21-22H,4-6H2,1-3H3/b25-10+/t16-,21+,22-/m0/s1. The molecule has 0 N–H and O–H groups in total. The van der Waals surface area contributed by atoms with Crippen molar-refractivity contribution < 1.29 is 27.4 Å².